The van der Waals surface area contributed by atoms with Crippen LogP contribution in [-0.4, -0.2) is 29.3 Å². The summed E-state index contributed by atoms with van der Waals surface area (Å²) in [6, 6.07) is -0.550. The molecule has 1 spiro atoms. The van der Waals surface area contributed by atoms with Crippen molar-refractivity contribution in [3.63, 3.8) is 0 Å². The van der Waals surface area contributed by atoms with Crippen molar-refractivity contribution in [1.29, 1.82) is 0 Å². The van der Waals surface area contributed by atoms with Gasteiger partial charge >= 0.3 is 6.03 Å². The van der Waals surface area contributed by atoms with E-state index in [1.54, 1.807) is 0 Å². The van der Waals surface area contributed by atoms with Crippen molar-refractivity contribution < 1.29 is 14.4 Å². The first-order valence-electron chi connectivity index (χ1n) is 6.29. The molecule has 1 aliphatic heterocycles. The van der Waals surface area contributed by atoms with Crippen LogP contribution in [0.25, 0.3) is 0 Å². The summed E-state index contributed by atoms with van der Waals surface area (Å²) in [6.45, 7) is 2.42. The zero-order valence-corrected chi connectivity index (χ0v) is 10.1. The molecule has 0 bridgehead atoms. The average molecular weight is 238 g/mol. The summed E-state index contributed by atoms with van der Waals surface area (Å²) in [7, 11) is 0. The number of hydrogen-bond donors (Lipinski definition) is 1. The number of imide groups is 2. The van der Waals surface area contributed by atoms with Gasteiger partial charge in [-0.2, -0.15) is 0 Å². The third-order valence-corrected chi connectivity index (χ3v) is 3.75. The number of nitrogens with one attached hydrogen (secondary N) is 1. The molecule has 4 amide bonds. The van der Waals surface area contributed by atoms with Crippen molar-refractivity contribution in [3.8, 4) is 0 Å². The molecule has 2 fully saturated rings. The molecule has 0 aromatic carbocycles. The second-order valence-electron chi connectivity index (χ2n) is 4.86. The lowest BCUT2D eigenvalue weighted by Gasteiger charge is -2.36. The fourth-order valence-corrected chi connectivity index (χ4v) is 2.67. The van der Waals surface area contributed by atoms with Crippen molar-refractivity contribution in [3.05, 3.63) is 0 Å². The van der Waals surface area contributed by atoms with Gasteiger partial charge < -0.3 is 0 Å². The van der Waals surface area contributed by atoms with Crippen LogP contribution in [0.1, 0.15) is 45.4 Å². The van der Waals surface area contributed by atoms with E-state index in [2.05, 4.69) is 5.32 Å². The van der Waals surface area contributed by atoms with E-state index in [1.165, 1.54) is 4.90 Å². The van der Waals surface area contributed by atoms with Crippen LogP contribution in [-0.2, 0) is 9.59 Å². The Morgan fingerprint density at radius 2 is 1.88 bits per heavy atom. The van der Waals surface area contributed by atoms with E-state index in [1.807, 2.05) is 6.92 Å². The molecule has 94 valence electrons. The number of carbonyl (C=O) groups is 3. The van der Waals surface area contributed by atoms with E-state index in [9.17, 15) is 14.4 Å². The molecule has 0 aromatic rings. The molecule has 5 heteroatoms. The van der Waals surface area contributed by atoms with Gasteiger partial charge in [-0.1, -0.05) is 26.2 Å². The summed E-state index contributed by atoms with van der Waals surface area (Å²) in [5, 5.41) is 2.33. The van der Waals surface area contributed by atoms with Gasteiger partial charge in [0.25, 0.3) is 0 Å². The van der Waals surface area contributed by atoms with Crippen LogP contribution in [0.15, 0.2) is 0 Å². The van der Waals surface area contributed by atoms with E-state index in [4.69, 9.17) is 0 Å². The van der Waals surface area contributed by atoms with Crippen molar-refractivity contribution >= 4 is 17.8 Å². The van der Waals surface area contributed by atoms with E-state index < -0.39 is 17.4 Å². The fraction of sp³-hybridized carbons (Fsp3) is 0.750. The summed E-state index contributed by atoms with van der Waals surface area (Å²) >= 11 is 0. The van der Waals surface area contributed by atoms with Crippen LogP contribution >= 0.6 is 0 Å². The van der Waals surface area contributed by atoms with Gasteiger partial charge in [0.15, 0.2) is 0 Å². The molecule has 1 aliphatic carbocycles. The minimum Gasteiger partial charge on any atom is -0.277 e. The Bertz CT molecular complexity index is 359. The van der Waals surface area contributed by atoms with Crippen molar-refractivity contribution in [1.82, 2.24) is 10.2 Å². The average Bonchev–Trinajstić information content (AvgIpc) is 2.77. The number of unbranched alkanes of at least 4 members (excludes halogenated alkanes) is 1. The Labute approximate surface area is 101 Å². The Morgan fingerprint density at radius 1 is 1.24 bits per heavy atom. The first-order chi connectivity index (χ1) is 8.12. The molecule has 5 nitrogen and oxygen atoms in total. The minimum atomic E-state index is -0.943. The summed E-state index contributed by atoms with van der Waals surface area (Å²) in [5.74, 6) is -0.671. The third-order valence-electron chi connectivity index (χ3n) is 3.75. The molecule has 0 aromatic heterocycles. The Balaban J connectivity index is 2.21. The van der Waals surface area contributed by atoms with Gasteiger partial charge in [-0.25, -0.2) is 4.79 Å². The zero-order valence-electron chi connectivity index (χ0n) is 10.1. The van der Waals surface area contributed by atoms with Crippen molar-refractivity contribution in [2.75, 3.05) is 6.54 Å². The van der Waals surface area contributed by atoms with E-state index in [-0.39, 0.29) is 5.91 Å². The maximum Gasteiger partial charge on any atom is 0.330 e. The molecule has 1 saturated heterocycles. The van der Waals surface area contributed by atoms with E-state index in [0.717, 1.165) is 25.7 Å². The van der Waals surface area contributed by atoms with Crippen molar-refractivity contribution in [2.45, 2.75) is 45.4 Å². The molecule has 0 atom stereocenters. The Morgan fingerprint density at radius 3 is 2.47 bits per heavy atom. The van der Waals surface area contributed by atoms with Crippen LogP contribution < -0.4 is 5.32 Å². The summed E-state index contributed by atoms with van der Waals surface area (Å²) in [6.07, 6.45) is 4.62. The fourth-order valence-electron chi connectivity index (χ4n) is 2.67. The third kappa shape index (κ3) is 1.83. The predicted molar refractivity (Wildman–Crippen MR) is 61.1 cm³/mol. The lowest BCUT2D eigenvalue weighted by Crippen LogP contribution is -2.63. The molecular formula is C12H18N2O3. The number of barbiturate groups is 1. The molecule has 1 N–H and O–H groups in total. The monoisotopic (exact) mass is 238 g/mol. The van der Waals surface area contributed by atoms with Crippen LogP contribution in [0.2, 0.25) is 0 Å². The highest BCUT2D eigenvalue weighted by atomic mass is 16.2. The highest BCUT2D eigenvalue weighted by Gasteiger charge is 2.54. The molecular weight excluding hydrogens is 220 g/mol. The number of nitrogens with zero attached hydrogens (tertiary/aromatic N) is 1. The standard InChI is InChI=1S/C12H18N2O3/c1-2-3-8-14-10(16)12(6-4-5-7-12)9(15)13-11(14)17/h2-8H2,1H3,(H,13,15,17). The molecule has 0 unspecified atom stereocenters. The van der Waals surface area contributed by atoms with Gasteiger partial charge in [-0.05, 0) is 19.3 Å². The Kier molecular flexibility index (Phi) is 3.17. The summed E-state index contributed by atoms with van der Waals surface area (Å²) in [4.78, 5) is 37.1. The van der Waals surface area contributed by atoms with Gasteiger partial charge in [0.2, 0.25) is 11.8 Å². The van der Waals surface area contributed by atoms with E-state index in [0.29, 0.717) is 19.4 Å². The summed E-state index contributed by atoms with van der Waals surface area (Å²) in [5.41, 5.74) is -0.943. The number of urea groups is 1. The van der Waals surface area contributed by atoms with Crippen LogP contribution in [0.4, 0.5) is 4.79 Å². The molecule has 1 saturated carbocycles. The lowest BCUT2D eigenvalue weighted by molar-refractivity contribution is -0.151. The van der Waals surface area contributed by atoms with Gasteiger partial charge in [0, 0.05) is 6.54 Å². The molecule has 1 heterocycles. The number of amides is 4. The van der Waals surface area contributed by atoms with Crippen LogP contribution in [0, 0.1) is 5.41 Å². The first kappa shape index (κ1) is 12.1. The highest BCUT2D eigenvalue weighted by molar-refractivity contribution is 6.19. The second-order valence-corrected chi connectivity index (χ2v) is 4.86. The molecule has 17 heavy (non-hydrogen) atoms. The zero-order chi connectivity index (χ0) is 12.5. The first-order valence-corrected chi connectivity index (χ1v) is 6.29. The van der Waals surface area contributed by atoms with Gasteiger partial charge in [-0.3, -0.25) is 19.8 Å². The van der Waals surface area contributed by atoms with Crippen LogP contribution in [0.3, 0.4) is 0 Å². The van der Waals surface area contributed by atoms with E-state index >= 15 is 0 Å². The normalized spacial score (nSPS) is 23.4. The van der Waals surface area contributed by atoms with Gasteiger partial charge in [0.05, 0.1) is 0 Å². The van der Waals surface area contributed by atoms with Gasteiger partial charge in [-0.15, -0.1) is 0 Å². The number of rotatable bonds is 3. The lowest BCUT2D eigenvalue weighted by atomic mass is 9.82. The SMILES string of the molecule is CCCCN1C(=O)NC(=O)C2(CCCC2)C1=O. The summed E-state index contributed by atoms with van der Waals surface area (Å²) < 4.78 is 0. The number of hydrogen-bond acceptors (Lipinski definition) is 3. The molecule has 2 rings (SSSR count). The number of carbonyl (C=O) groups excluding carboxylic acids is 3. The van der Waals surface area contributed by atoms with Crippen LogP contribution in [0.5, 0.6) is 0 Å². The minimum absolute atomic E-state index is 0.280. The molecule has 0 radical (unpaired) electrons. The van der Waals surface area contributed by atoms with Crippen molar-refractivity contribution in [2.24, 2.45) is 5.41 Å². The second kappa shape index (κ2) is 4.47. The largest absolute Gasteiger partial charge is 0.330 e. The smallest absolute Gasteiger partial charge is 0.277 e. The maximum atomic E-state index is 12.3. The molecule has 2 aliphatic rings. The Hall–Kier alpha value is -1.39. The maximum absolute atomic E-state index is 12.3. The predicted octanol–water partition coefficient (Wildman–Crippen LogP) is 1.43. The highest BCUT2D eigenvalue weighted by Crippen LogP contribution is 2.41. The topological polar surface area (TPSA) is 66.5 Å². The van der Waals surface area contributed by atoms with Gasteiger partial charge in [0.1, 0.15) is 5.41 Å². The quantitative estimate of drug-likeness (QED) is 0.756.